The van der Waals surface area contributed by atoms with Gasteiger partial charge in [0.25, 0.3) is 5.91 Å². The molecule has 1 amide bonds. The summed E-state index contributed by atoms with van der Waals surface area (Å²) in [6.07, 6.45) is 3.47. The Hall–Kier alpha value is -2.83. The Morgan fingerprint density at radius 2 is 2.04 bits per heavy atom. The molecule has 1 aliphatic rings. The molecule has 0 radical (unpaired) electrons. The van der Waals surface area contributed by atoms with Gasteiger partial charge >= 0.3 is 0 Å². The van der Waals surface area contributed by atoms with E-state index in [-0.39, 0.29) is 11.5 Å². The van der Waals surface area contributed by atoms with Crippen LogP contribution >= 0.6 is 23.2 Å². The zero-order valence-corrected chi connectivity index (χ0v) is 16.1. The second kappa shape index (κ2) is 7.30. The summed E-state index contributed by atoms with van der Waals surface area (Å²) in [4.78, 5) is 31.3. The van der Waals surface area contributed by atoms with E-state index in [1.165, 1.54) is 18.3 Å². The van der Waals surface area contributed by atoms with Crippen molar-refractivity contribution in [2.45, 2.75) is 12.0 Å². The predicted octanol–water partition coefficient (Wildman–Crippen LogP) is 3.53. The highest BCUT2D eigenvalue weighted by atomic mass is 35.5. The highest BCUT2D eigenvalue weighted by molar-refractivity contribution is 6.42. The van der Waals surface area contributed by atoms with E-state index in [2.05, 4.69) is 15.3 Å². The molecule has 1 aromatic carbocycles. The molecule has 6 nitrogen and oxygen atoms in total. The molecule has 1 atom stereocenters. The van der Waals surface area contributed by atoms with E-state index in [1.54, 1.807) is 30.5 Å². The minimum Gasteiger partial charge on any atom is -0.491 e. The zero-order chi connectivity index (χ0) is 19.7. The summed E-state index contributed by atoms with van der Waals surface area (Å²) >= 11 is 12.3. The van der Waals surface area contributed by atoms with E-state index in [1.807, 2.05) is 6.07 Å². The molecular formula is C20H15Cl2N3O3. The third-order valence-electron chi connectivity index (χ3n) is 4.70. The molecule has 8 heteroatoms. The molecule has 4 rings (SSSR count). The van der Waals surface area contributed by atoms with Crippen LogP contribution in [0.5, 0.6) is 5.75 Å². The number of carbonyl (C=O) groups is 1. The number of aromatic nitrogens is 2. The Labute approximate surface area is 170 Å². The van der Waals surface area contributed by atoms with Gasteiger partial charge in [0.15, 0.2) is 0 Å². The van der Waals surface area contributed by atoms with E-state index < -0.39 is 5.54 Å². The van der Waals surface area contributed by atoms with Crippen LogP contribution in [0.2, 0.25) is 10.0 Å². The molecule has 1 aliphatic heterocycles. The van der Waals surface area contributed by atoms with Gasteiger partial charge in [-0.25, -0.2) is 0 Å². The van der Waals surface area contributed by atoms with Gasteiger partial charge in [-0.15, -0.1) is 0 Å². The topological polar surface area (TPSA) is 84.1 Å². The summed E-state index contributed by atoms with van der Waals surface area (Å²) in [6.45, 7) is 0.380. The van der Waals surface area contributed by atoms with Gasteiger partial charge in [0.05, 0.1) is 22.2 Å². The Morgan fingerprint density at radius 3 is 2.79 bits per heavy atom. The lowest BCUT2D eigenvalue weighted by atomic mass is 9.81. The quantitative estimate of drug-likeness (QED) is 0.684. The average molecular weight is 416 g/mol. The number of pyridine rings is 2. The lowest BCUT2D eigenvalue weighted by Crippen LogP contribution is -2.50. The first-order valence-electron chi connectivity index (χ1n) is 8.55. The second-order valence-electron chi connectivity index (χ2n) is 6.38. The predicted molar refractivity (Wildman–Crippen MR) is 106 cm³/mol. The molecule has 0 saturated heterocycles. The van der Waals surface area contributed by atoms with Gasteiger partial charge in [-0.2, -0.15) is 0 Å². The number of fused-ring (bicyclic) bond motifs is 1. The fourth-order valence-electron chi connectivity index (χ4n) is 3.31. The number of carbonyl (C=O) groups excluding carboxylic acids is 1. The lowest BCUT2D eigenvalue weighted by molar-refractivity contribution is 0.0883. The molecule has 2 aromatic heterocycles. The minimum absolute atomic E-state index is 0.283. The summed E-state index contributed by atoms with van der Waals surface area (Å²) in [6, 6.07) is 11.6. The van der Waals surface area contributed by atoms with Crippen LogP contribution in [0.25, 0.3) is 0 Å². The normalized spacial score (nSPS) is 18.1. The number of aromatic amines is 1. The SMILES string of the molecule is O=C(NC1(c2ccc(Cl)c(Cl)c2)CCOc2cccnc21)c1ccc(=O)[nH]c1. The number of ether oxygens (including phenoxy) is 1. The van der Waals surface area contributed by atoms with Crippen LogP contribution in [0, 0.1) is 0 Å². The molecule has 0 fully saturated rings. The van der Waals surface area contributed by atoms with E-state index in [0.29, 0.717) is 40.1 Å². The maximum absolute atomic E-state index is 13.0. The highest BCUT2D eigenvalue weighted by Gasteiger charge is 2.42. The van der Waals surface area contributed by atoms with Crippen LogP contribution in [0.1, 0.15) is 28.0 Å². The van der Waals surface area contributed by atoms with Crippen molar-refractivity contribution in [3.63, 3.8) is 0 Å². The van der Waals surface area contributed by atoms with Crippen molar-refractivity contribution in [1.29, 1.82) is 0 Å². The van der Waals surface area contributed by atoms with Crippen molar-refractivity contribution < 1.29 is 9.53 Å². The standard InChI is InChI=1S/C20H15Cl2N3O3/c21-14-5-4-13(10-15(14)22)20(7-9-28-16-2-1-8-23-18(16)20)25-19(27)12-3-6-17(26)24-11-12/h1-6,8,10-11H,7,9H2,(H,24,26)(H,25,27). The Balaban J connectivity index is 1.85. The van der Waals surface area contributed by atoms with Crippen LogP contribution in [-0.2, 0) is 5.54 Å². The number of nitrogens with zero attached hydrogens (tertiary/aromatic N) is 1. The summed E-state index contributed by atoms with van der Waals surface area (Å²) in [7, 11) is 0. The number of benzene rings is 1. The highest BCUT2D eigenvalue weighted by Crippen LogP contribution is 2.42. The fraction of sp³-hybridized carbons (Fsp3) is 0.150. The third kappa shape index (κ3) is 3.25. The number of nitrogens with one attached hydrogen (secondary N) is 2. The van der Waals surface area contributed by atoms with Crippen LogP contribution in [0.15, 0.2) is 59.7 Å². The van der Waals surface area contributed by atoms with Crippen molar-refractivity contribution >= 4 is 29.1 Å². The molecule has 0 bridgehead atoms. The minimum atomic E-state index is -0.962. The summed E-state index contributed by atoms with van der Waals surface area (Å²) < 4.78 is 5.74. The number of rotatable bonds is 3. The van der Waals surface area contributed by atoms with Gasteiger partial charge in [-0.1, -0.05) is 29.3 Å². The van der Waals surface area contributed by atoms with Crippen molar-refractivity contribution in [3.8, 4) is 5.75 Å². The molecule has 3 heterocycles. The molecule has 2 N–H and O–H groups in total. The zero-order valence-electron chi connectivity index (χ0n) is 14.5. The van der Waals surface area contributed by atoms with E-state index in [9.17, 15) is 9.59 Å². The largest absolute Gasteiger partial charge is 0.491 e. The smallest absolute Gasteiger partial charge is 0.253 e. The van der Waals surface area contributed by atoms with Crippen LogP contribution < -0.4 is 15.6 Å². The maximum Gasteiger partial charge on any atom is 0.253 e. The molecule has 142 valence electrons. The first kappa shape index (κ1) is 18.5. The van der Waals surface area contributed by atoms with Gasteiger partial charge in [-0.3, -0.25) is 14.6 Å². The fourth-order valence-corrected chi connectivity index (χ4v) is 3.61. The third-order valence-corrected chi connectivity index (χ3v) is 5.43. The van der Waals surface area contributed by atoms with E-state index in [4.69, 9.17) is 27.9 Å². The van der Waals surface area contributed by atoms with Gasteiger partial charge in [0.2, 0.25) is 5.56 Å². The maximum atomic E-state index is 13.0. The monoisotopic (exact) mass is 415 g/mol. The number of amides is 1. The molecule has 3 aromatic rings. The van der Waals surface area contributed by atoms with Crippen molar-refractivity contribution in [2.75, 3.05) is 6.61 Å². The number of halogens is 2. The molecular weight excluding hydrogens is 401 g/mol. The number of H-pyrrole nitrogens is 1. The van der Waals surface area contributed by atoms with E-state index in [0.717, 1.165) is 5.56 Å². The lowest BCUT2D eigenvalue weighted by Gasteiger charge is -2.39. The Kier molecular flexibility index (Phi) is 4.83. The van der Waals surface area contributed by atoms with Gasteiger partial charge in [0.1, 0.15) is 17.0 Å². The van der Waals surface area contributed by atoms with E-state index >= 15 is 0 Å². The Bertz CT molecular complexity index is 1100. The molecule has 0 spiro atoms. The molecule has 0 saturated carbocycles. The van der Waals surface area contributed by atoms with Crippen LogP contribution in [0.4, 0.5) is 0 Å². The number of hydrogen-bond acceptors (Lipinski definition) is 4. The molecule has 28 heavy (non-hydrogen) atoms. The summed E-state index contributed by atoms with van der Waals surface area (Å²) in [5.41, 5.74) is 0.396. The summed E-state index contributed by atoms with van der Waals surface area (Å²) in [5, 5.41) is 3.88. The van der Waals surface area contributed by atoms with Crippen LogP contribution in [0.3, 0.4) is 0 Å². The van der Waals surface area contributed by atoms with Gasteiger partial charge < -0.3 is 15.0 Å². The van der Waals surface area contributed by atoms with Crippen LogP contribution in [-0.4, -0.2) is 22.5 Å². The summed E-state index contributed by atoms with van der Waals surface area (Å²) in [5.74, 6) is 0.224. The van der Waals surface area contributed by atoms with Gasteiger partial charge in [0, 0.05) is 24.9 Å². The average Bonchev–Trinajstić information content (AvgIpc) is 2.70. The first-order valence-corrected chi connectivity index (χ1v) is 9.30. The van der Waals surface area contributed by atoms with Crippen molar-refractivity contribution in [2.24, 2.45) is 0 Å². The first-order chi connectivity index (χ1) is 13.5. The van der Waals surface area contributed by atoms with Crippen molar-refractivity contribution in [1.82, 2.24) is 15.3 Å². The molecule has 0 aliphatic carbocycles. The number of hydrogen-bond donors (Lipinski definition) is 2. The van der Waals surface area contributed by atoms with Gasteiger partial charge in [-0.05, 0) is 35.9 Å². The molecule has 1 unspecified atom stereocenters. The Morgan fingerprint density at radius 1 is 1.18 bits per heavy atom. The van der Waals surface area contributed by atoms with Crippen molar-refractivity contribution in [3.05, 3.63) is 92.1 Å². The second-order valence-corrected chi connectivity index (χ2v) is 7.19.